The molecule has 2 aliphatic rings. The van der Waals surface area contributed by atoms with E-state index in [0.29, 0.717) is 24.8 Å². The third kappa shape index (κ3) is 4.58. The van der Waals surface area contributed by atoms with E-state index in [-0.39, 0.29) is 23.9 Å². The summed E-state index contributed by atoms with van der Waals surface area (Å²) in [5.74, 6) is 0.167. The number of benzene rings is 1. The first-order valence-electron chi connectivity index (χ1n) is 10.2. The SMILES string of the molecule is N#Cc1cc(Oc2cccc3c2CCN3CC(=O)N2CCCCC2)nc(C(F)(F)F)c1. The van der Waals surface area contributed by atoms with Crippen molar-refractivity contribution in [3.05, 3.63) is 47.2 Å². The molecule has 1 aromatic heterocycles. The highest BCUT2D eigenvalue weighted by atomic mass is 19.4. The fourth-order valence-corrected chi connectivity index (χ4v) is 4.02. The molecule has 4 rings (SSSR count). The van der Waals surface area contributed by atoms with Gasteiger partial charge >= 0.3 is 6.18 Å². The molecule has 31 heavy (non-hydrogen) atoms. The van der Waals surface area contributed by atoms with Gasteiger partial charge in [-0.25, -0.2) is 4.98 Å². The van der Waals surface area contributed by atoms with Crippen molar-refractivity contribution in [2.24, 2.45) is 0 Å². The molecule has 0 saturated carbocycles. The fraction of sp³-hybridized carbons (Fsp3) is 0.409. The summed E-state index contributed by atoms with van der Waals surface area (Å²) in [6, 6.07) is 8.84. The fourth-order valence-electron chi connectivity index (χ4n) is 4.02. The van der Waals surface area contributed by atoms with Crippen molar-refractivity contribution >= 4 is 11.6 Å². The molecule has 0 N–H and O–H groups in total. The van der Waals surface area contributed by atoms with E-state index >= 15 is 0 Å². The summed E-state index contributed by atoms with van der Waals surface area (Å²) in [6.07, 6.45) is -0.893. The van der Waals surface area contributed by atoms with Crippen molar-refractivity contribution in [3.8, 4) is 17.7 Å². The highest BCUT2D eigenvalue weighted by Gasteiger charge is 2.34. The largest absolute Gasteiger partial charge is 0.439 e. The number of halogens is 3. The minimum absolute atomic E-state index is 0.0806. The van der Waals surface area contributed by atoms with E-state index in [1.165, 1.54) is 6.07 Å². The number of ether oxygens (including phenoxy) is 1. The number of piperidine rings is 1. The van der Waals surface area contributed by atoms with Crippen molar-refractivity contribution in [3.63, 3.8) is 0 Å². The second-order valence-electron chi connectivity index (χ2n) is 7.66. The van der Waals surface area contributed by atoms with Crippen LogP contribution in [-0.2, 0) is 17.4 Å². The van der Waals surface area contributed by atoms with Gasteiger partial charge in [0.05, 0.1) is 18.2 Å². The number of hydrogen-bond donors (Lipinski definition) is 0. The number of anilines is 1. The number of amides is 1. The van der Waals surface area contributed by atoms with Gasteiger partial charge in [-0.2, -0.15) is 18.4 Å². The number of carbonyl (C=O) groups excluding carboxylic acids is 1. The number of rotatable bonds is 4. The molecule has 0 radical (unpaired) electrons. The predicted octanol–water partition coefficient (Wildman–Crippen LogP) is 4.14. The molecule has 0 atom stereocenters. The molecule has 162 valence electrons. The van der Waals surface area contributed by atoms with Crippen LogP contribution < -0.4 is 9.64 Å². The zero-order valence-electron chi connectivity index (χ0n) is 16.8. The quantitative estimate of drug-likeness (QED) is 0.729. The lowest BCUT2D eigenvalue weighted by molar-refractivity contribution is -0.141. The first kappa shape index (κ1) is 21.0. The summed E-state index contributed by atoms with van der Waals surface area (Å²) in [6.45, 7) is 2.45. The van der Waals surface area contributed by atoms with Gasteiger partial charge in [-0.15, -0.1) is 0 Å². The van der Waals surface area contributed by atoms with E-state index in [4.69, 9.17) is 10.00 Å². The van der Waals surface area contributed by atoms with Crippen molar-refractivity contribution < 1.29 is 22.7 Å². The van der Waals surface area contributed by atoms with Crippen molar-refractivity contribution in [1.29, 1.82) is 5.26 Å². The van der Waals surface area contributed by atoms with Crippen LogP contribution >= 0.6 is 0 Å². The molecule has 6 nitrogen and oxygen atoms in total. The van der Waals surface area contributed by atoms with Crippen LogP contribution in [0.3, 0.4) is 0 Å². The number of likely N-dealkylation sites (tertiary alicyclic amines) is 1. The van der Waals surface area contributed by atoms with Crippen LogP contribution in [0.25, 0.3) is 0 Å². The Morgan fingerprint density at radius 2 is 1.94 bits per heavy atom. The number of nitrogens with zero attached hydrogens (tertiary/aromatic N) is 4. The van der Waals surface area contributed by atoms with E-state index in [1.807, 2.05) is 15.9 Å². The predicted molar refractivity (Wildman–Crippen MR) is 107 cm³/mol. The highest BCUT2D eigenvalue weighted by molar-refractivity contribution is 5.83. The minimum atomic E-state index is -4.69. The molecule has 9 heteroatoms. The van der Waals surface area contributed by atoms with Gasteiger partial charge < -0.3 is 14.5 Å². The number of alkyl halides is 3. The van der Waals surface area contributed by atoms with Crippen LogP contribution in [0.5, 0.6) is 11.6 Å². The van der Waals surface area contributed by atoms with Gasteiger partial charge in [0.15, 0.2) is 0 Å². The topological polar surface area (TPSA) is 69.5 Å². The van der Waals surface area contributed by atoms with Gasteiger partial charge in [0.1, 0.15) is 11.4 Å². The van der Waals surface area contributed by atoms with Crippen LogP contribution in [0.2, 0.25) is 0 Å². The molecular weight excluding hydrogens is 409 g/mol. The number of nitriles is 1. The number of carbonyl (C=O) groups is 1. The second kappa shape index (κ2) is 8.46. The summed E-state index contributed by atoms with van der Waals surface area (Å²) in [7, 11) is 0. The van der Waals surface area contributed by atoms with Crippen LogP contribution in [-0.4, -0.2) is 42.0 Å². The molecule has 2 aliphatic heterocycles. The smallest absolute Gasteiger partial charge is 0.433 e. The molecule has 1 saturated heterocycles. The highest BCUT2D eigenvalue weighted by Crippen LogP contribution is 2.38. The molecule has 1 amide bonds. The van der Waals surface area contributed by atoms with Crippen LogP contribution in [0.1, 0.15) is 36.1 Å². The standard InChI is InChI=1S/C22H21F3N4O2/c23-22(24,25)19-11-15(13-26)12-20(27-19)31-18-6-4-5-17-16(18)7-10-29(17)14-21(30)28-8-2-1-3-9-28/h4-6,11-12H,1-3,7-10,14H2. The third-order valence-corrected chi connectivity index (χ3v) is 5.55. The first-order valence-corrected chi connectivity index (χ1v) is 10.2. The Labute approximate surface area is 177 Å². The molecule has 0 bridgehead atoms. The molecule has 0 spiro atoms. The number of pyridine rings is 1. The van der Waals surface area contributed by atoms with Crippen LogP contribution in [0.4, 0.5) is 18.9 Å². The lowest BCUT2D eigenvalue weighted by atomic mass is 10.1. The van der Waals surface area contributed by atoms with Crippen molar-refractivity contribution in [2.45, 2.75) is 31.9 Å². The Hall–Kier alpha value is -3.28. The Morgan fingerprint density at radius 1 is 1.16 bits per heavy atom. The second-order valence-corrected chi connectivity index (χ2v) is 7.66. The van der Waals surface area contributed by atoms with Crippen molar-refractivity contribution in [2.75, 3.05) is 31.1 Å². The number of hydrogen-bond acceptors (Lipinski definition) is 5. The molecule has 0 unspecified atom stereocenters. The Kier molecular flexibility index (Phi) is 5.72. The first-order chi connectivity index (χ1) is 14.8. The lowest BCUT2D eigenvalue weighted by Crippen LogP contribution is -2.42. The maximum atomic E-state index is 13.1. The van der Waals surface area contributed by atoms with Gasteiger partial charge in [0, 0.05) is 37.0 Å². The monoisotopic (exact) mass is 430 g/mol. The zero-order chi connectivity index (χ0) is 22.0. The number of aromatic nitrogens is 1. The van der Waals surface area contributed by atoms with Gasteiger partial charge in [-0.05, 0) is 43.9 Å². The van der Waals surface area contributed by atoms with Gasteiger partial charge in [-0.3, -0.25) is 4.79 Å². The maximum Gasteiger partial charge on any atom is 0.433 e. The number of fused-ring (bicyclic) bond motifs is 1. The summed E-state index contributed by atoms with van der Waals surface area (Å²) < 4.78 is 45.0. The summed E-state index contributed by atoms with van der Waals surface area (Å²) >= 11 is 0. The Morgan fingerprint density at radius 3 is 2.65 bits per heavy atom. The van der Waals surface area contributed by atoms with Crippen molar-refractivity contribution in [1.82, 2.24) is 9.88 Å². The van der Waals surface area contributed by atoms with Gasteiger partial charge in [-0.1, -0.05) is 6.07 Å². The summed E-state index contributed by atoms with van der Waals surface area (Å²) in [5, 5.41) is 9.06. The Bertz CT molecular complexity index is 1030. The van der Waals surface area contributed by atoms with E-state index in [1.54, 1.807) is 18.2 Å². The zero-order valence-corrected chi connectivity index (χ0v) is 16.8. The molecule has 0 aliphatic carbocycles. The normalized spacial score (nSPS) is 16.1. The minimum Gasteiger partial charge on any atom is -0.439 e. The summed E-state index contributed by atoms with van der Waals surface area (Å²) in [4.78, 5) is 20.0. The van der Waals surface area contributed by atoms with Crippen LogP contribution in [0, 0.1) is 11.3 Å². The Balaban J connectivity index is 1.55. The third-order valence-electron chi connectivity index (χ3n) is 5.55. The van der Waals surface area contributed by atoms with Crippen LogP contribution in [0.15, 0.2) is 30.3 Å². The molecule has 1 aromatic carbocycles. The maximum absolute atomic E-state index is 13.1. The molecule has 2 aromatic rings. The molecule has 3 heterocycles. The van der Waals surface area contributed by atoms with E-state index < -0.39 is 11.9 Å². The lowest BCUT2D eigenvalue weighted by Gasteiger charge is -2.29. The summed E-state index contributed by atoms with van der Waals surface area (Å²) in [5.41, 5.74) is 0.281. The van der Waals surface area contributed by atoms with E-state index in [2.05, 4.69) is 4.98 Å². The van der Waals surface area contributed by atoms with E-state index in [0.717, 1.165) is 43.6 Å². The average Bonchev–Trinajstić information content (AvgIpc) is 3.17. The van der Waals surface area contributed by atoms with Gasteiger partial charge in [0.25, 0.3) is 0 Å². The molecular formula is C22H21F3N4O2. The average molecular weight is 430 g/mol. The van der Waals surface area contributed by atoms with E-state index in [9.17, 15) is 18.0 Å². The molecule has 1 fully saturated rings. The van der Waals surface area contributed by atoms with Gasteiger partial charge in [0.2, 0.25) is 11.8 Å².